The first kappa shape index (κ1) is 26.5. The molecule has 3 aromatic heterocycles. The van der Waals surface area contributed by atoms with Crippen molar-refractivity contribution in [1.82, 2.24) is 34.7 Å². The number of hydrogen-bond acceptors (Lipinski definition) is 6. The topological polar surface area (TPSA) is 123 Å². The lowest BCUT2D eigenvalue weighted by atomic mass is 10.0. The normalized spacial score (nSPS) is 20.0. The summed E-state index contributed by atoms with van der Waals surface area (Å²) in [6.45, 7) is 1.01. The van der Waals surface area contributed by atoms with Crippen molar-refractivity contribution in [2.45, 2.75) is 25.3 Å². The Morgan fingerprint density at radius 1 is 1.10 bits per heavy atom. The smallest absolute Gasteiger partial charge is 0.255 e. The fourth-order valence-electron chi connectivity index (χ4n) is 5.44. The van der Waals surface area contributed by atoms with E-state index in [1.54, 1.807) is 27.6 Å². The van der Waals surface area contributed by atoms with Gasteiger partial charge in [-0.05, 0) is 61.7 Å². The molecule has 1 saturated heterocycles. The van der Waals surface area contributed by atoms with Crippen LogP contribution in [0.2, 0.25) is 0 Å². The highest BCUT2D eigenvalue weighted by Gasteiger charge is 2.33. The third-order valence-electron chi connectivity index (χ3n) is 7.62. The van der Waals surface area contributed by atoms with Gasteiger partial charge in [-0.25, -0.2) is 4.39 Å². The van der Waals surface area contributed by atoms with E-state index in [0.29, 0.717) is 42.8 Å². The van der Waals surface area contributed by atoms with Crippen LogP contribution in [0.4, 0.5) is 4.39 Å². The van der Waals surface area contributed by atoms with Crippen molar-refractivity contribution in [3.8, 4) is 17.3 Å². The van der Waals surface area contributed by atoms with Gasteiger partial charge in [0.2, 0.25) is 5.91 Å². The minimum absolute atomic E-state index is 0.0935. The second-order valence-electron chi connectivity index (χ2n) is 10.5. The monoisotopic (exact) mass is 559 g/mol. The zero-order valence-electron chi connectivity index (χ0n) is 22.5. The van der Waals surface area contributed by atoms with Gasteiger partial charge in [-0.15, -0.1) is 10.2 Å². The van der Waals surface area contributed by atoms with Crippen molar-refractivity contribution in [2.75, 3.05) is 26.2 Å². The molecule has 1 aromatic carbocycles. The van der Waals surface area contributed by atoms with Crippen LogP contribution in [0.3, 0.4) is 0 Å². The lowest BCUT2D eigenvalue weighted by molar-refractivity contribution is -0.125. The molecule has 0 aliphatic carbocycles. The number of rotatable bonds is 2. The molecule has 2 aliphatic heterocycles. The van der Waals surface area contributed by atoms with E-state index in [4.69, 9.17) is 4.74 Å². The molecule has 0 radical (unpaired) electrons. The number of nitrogens with one attached hydrogen (secondary N) is 2. The van der Waals surface area contributed by atoms with Gasteiger partial charge in [0, 0.05) is 45.1 Å². The van der Waals surface area contributed by atoms with Gasteiger partial charge in [0.15, 0.2) is 11.5 Å². The molecular formula is C29H30FN7O4. The van der Waals surface area contributed by atoms with E-state index in [-0.39, 0.29) is 42.8 Å². The average molecular weight is 560 g/mol. The Labute approximate surface area is 235 Å². The molecule has 41 heavy (non-hydrogen) atoms. The van der Waals surface area contributed by atoms with Gasteiger partial charge in [0.05, 0.1) is 29.3 Å². The van der Waals surface area contributed by atoms with Crippen LogP contribution in [-0.2, 0) is 11.8 Å². The van der Waals surface area contributed by atoms with Crippen molar-refractivity contribution in [3.63, 3.8) is 0 Å². The zero-order valence-corrected chi connectivity index (χ0v) is 22.5. The maximum Gasteiger partial charge on any atom is 0.255 e. The number of halogens is 1. The predicted molar refractivity (Wildman–Crippen MR) is 147 cm³/mol. The second-order valence-corrected chi connectivity index (χ2v) is 10.5. The number of hydrogen-bond donors (Lipinski definition) is 2. The van der Waals surface area contributed by atoms with Crippen molar-refractivity contribution in [2.24, 2.45) is 13.0 Å². The molecule has 2 N–H and O–H groups in total. The summed E-state index contributed by atoms with van der Waals surface area (Å²) in [5, 5.41) is 14.5. The Morgan fingerprint density at radius 3 is 2.80 bits per heavy atom. The predicted octanol–water partition coefficient (Wildman–Crippen LogP) is 2.42. The third-order valence-corrected chi connectivity index (χ3v) is 7.62. The van der Waals surface area contributed by atoms with Crippen molar-refractivity contribution in [1.29, 1.82) is 0 Å². The first-order valence-corrected chi connectivity index (χ1v) is 13.6. The number of ether oxygens (including phenoxy) is 1. The molecule has 5 heterocycles. The summed E-state index contributed by atoms with van der Waals surface area (Å²) in [5.41, 5.74) is 1.93. The van der Waals surface area contributed by atoms with Gasteiger partial charge in [0.1, 0.15) is 11.6 Å². The maximum atomic E-state index is 14.1. The molecule has 212 valence electrons. The van der Waals surface area contributed by atoms with Gasteiger partial charge in [0.25, 0.3) is 11.8 Å². The quantitative estimate of drug-likeness (QED) is 0.389. The Morgan fingerprint density at radius 2 is 1.98 bits per heavy atom. The van der Waals surface area contributed by atoms with Gasteiger partial charge in [-0.2, -0.15) is 0 Å². The van der Waals surface area contributed by atoms with E-state index in [1.165, 1.54) is 12.1 Å². The van der Waals surface area contributed by atoms with Crippen LogP contribution < -0.4 is 15.4 Å². The summed E-state index contributed by atoms with van der Waals surface area (Å²) in [7, 11) is 1.90. The zero-order chi connectivity index (χ0) is 28.5. The lowest BCUT2D eigenvalue weighted by Crippen LogP contribution is -2.46. The minimum atomic E-state index is -0.548. The first-order chi connectivity index (χ1) is 19.9. The summed E-state index contributed by atoms with van der Waals surface area (Å²) in [5.74, 6) is -1.05. The van der Waals surface area contributed by atoms with Gasteiger partial charge >= 0.3 is 0 Å². The number of nitrogens with zero attached hydrogens (tertiary/aromatic N) is 5. The lowest BCUT2D eigenvalue weighted by Gasteiger charge is -2.26. The summed E-state index contributed by atoms with van der Waals surface area (Å²) in [4.78, 5) is 41.9. The summed E-state index contributed by atoms with van der Waals surface area (Å²) >= 11 is 0. The number of fused-ring (bicyclic) bond motifs is 5. The largest absolute Gasteiger partial charge is 0.493 e. The molecule has 2 atom stereocenters. The highest BCUT2D eigenvalue weighted by molar-refractivity contribution is 5.97. The van der Waals surface area contributed by atoms with E-state index < -0.39 is 23.7 Å². The molecular weight excluding hydrogens is 529 g/mol. The average Bonchev–Trinajstić information content (AvgIpc) is 3.51. The summed E-state index contributed by atoms with van der Waals surface area (Å²) < 4.78 is 23.5. The number of benzene rings is 1. The molecule has 0 spiro atoms. The maximum absolute atomic E-state index is 14.1. The third kappa shape index (κ3) is 5.37. The molecule has 2 bridgehead atoms. The van der Waals surface area contributed by atoms with Crippen LogP contribution in [0, 0.1) is 11.7 Å². The number of pyridine rings is 1. The van der Waals surface area contributed by atoms with Crippen LogP contribution in [0.25, 0.3) is 17.2 Å². The molecule has 4 aromatic rings. The van der Waals surface area contributed by atoms with Crippen LogP contribution in [0.5, 0.6) is 5.75 Å². The molecule has 11 nitrogen and oxygen atoms in total. The van der Waals surface area contributed by atoms with Crippen LogP contribution in [0.15, 0.2) is 54.9 Å². The number of likely N-dealkylation sites (tertiary alicyclic amines) is 1. The number of aryl methyl sites for hydroxylation is 1. The van der Waals surface area contributed by atoms with Gasteiger partial charge < -0.3 is 24.8 Å². The highest BCUT2D eigenvalue weighted by atomic mass is 19.1. The van der Waals surface area contributed by atoms with Crippen LogP contribution >= 0.6 is 0 Å². The van der Waals surface area contributed by atoms with Crippen molar-refractivity contribution in [3.05, 3.63) is 71.8 Å². The minimum Gasteiger partial charge on any atom is -0.493 e. The highest BCUT2D eigenvalue weighted by Crippen LogP contribution is 2.24. The Balaban J connectivity index is 1.32. The number of carbonyl (C=O) groups is 3. The van der Waals surface area contributed by atoms with Gasteiger partial charge in [-0.3, -0.25) is 18.8 Å². The molecule has 12 heteroatoms. The summed E-state index contributed by atoms with van der Waals surface area (Å²) in [6, 6.07) is 10.6. The van der Waals surface area contributed by atoms with Gasteiger partial charge in [-0.1, -0.05) is 0 Å². The molecule has 1 fully saturated rings. The first-order valence-electron chi connectivity index (χ1n) is 13.6. The SMILES string of the molecule is Cn1cccc1-c1nnc2ccc(C(=O)N3C[C@H]4CC[C@@H](C3)C(=O)NCCCOc3ccc(F)cc3C(=O)N4)cn12. The van der Waals surface area contributed by atoms with E-state index in [0.717, 1.165) is 11.8 Å². The number of amides is 3. The Bertz CT molecular complexity index is 1630. The fourth-order valence-corrected chi connectivity index (χ4v) is 5.44. The molecule has 6 rings (SSSR count). The van der Waals surface area contributed by atoms with Crippen LogP contribution in [0.1, 0.15) is 40.0 Å². The molecule has 0 saturated carbocycles. The number of aromatic nitrogens is 4. The molecule has 2 aliphatic rings. The summed E-state index contributed by atoms with van der Waals surface area (Å²) in [6.07, 6.45) is 5.07. The standard InChI is InChI=1S/C29H30FN7O4/c1-35-12-2-4-23(35)26-34-33-25-10-6-19(16-37(25)26)29(40)36-15-18-5-8-21(17-36)32-28(39)22-14-20(30)7-9-24(22)41-13-3-11-31-27(18)38/h2,4,6-7,9-10,12,14,16,18,21H,3,5,8,11,13,15,17H2,1H3,(H,31,38)(H,32,39)/t18-,21+/m0/s1. The Kier molecular flexibility index (Phi) is 7.12. The van der Waals surface area contributed by atoms with Crippen molar-refractivity contribution >= 4 is 23.4 Å². The number of carbonyl (C=O) groups excluding carboxylic acids is 3. The van der Waals surface area contributed by atoms with E-state index in [2.05, 4.69) is 20.8 Å². The molecule has 0 unspecified atom stereocenters. The van der Waals surface area contributed by atoms with E-state index >= 15 is 0 Å². The molecule has 3 amide bonds. The van der Waals surface area contributed by atoms with Crippen LogP contribution in [-0.4, -0.2) is 74.1 Å². The van der Waals surface area contributed by atoms with Crippen molar-refractivity contribution < 1.29 is 23.5 Å². The second kappa shape index (κ2) is 11.0. The van der Waals surface area contributed by atoms with E-state index in [1.807, 2.05) is 29.9 Å². The van der Waals surface area contributed by atoms with E-state index in [9.17, 15) is 18.8 Å². The Hall–Kier alpha value is -4.74. The fraction of sp³-hybridized carbons (Fsp3) is 0.345.